The summed E-state index contributed by atoms with van der Waals surface area (Å²) in [7, 11) is 2.07. The van der Waals surface area contributed by atoms with E-state index in [1.165, 1.54) is 35.7 Å². The fraction of sp³-hybridized carbons (Fsp3) is 0.562. The Morgan fingerprint density at radius 1 is 1.21 bits per heavy atom. The molecule has 3 heteroatoms. The Morgan fingerprint density at radius 3 is 2.47 bits per heavy atom. The molecule has 1 aliphatic carbocycles. The van der Waals surface area contributed by atoms with E-state index in [2.05, 4.69) is 34.5 Å². The SMILES string of the molecule is CN(CC(=O)c1ccc(I)cc1)CC1CCCCC1. The summed E-state index contributed by atoms with van der Waals surface area (Å²) in [6, 6.07) is 7.85. The Hall–Kier alpha value is -0.420. The van der Waals surface area contributed by atoms with Gasteiger partial charge < -0.3 is 0 Å². The van der Waals surface area contributed by atoms with Gasteiger partial charge in [-0.3, -0.25) is 9.69 Å². The Balaban J connectivity index is 1.82. The van der Waals surface area contributed by atoms with Gasteiger partial charge in [0.25, 0.3) is 0 Å². The fourth-order valence-electron chi connectivity index (χ4n) is 2.85. The number of ketones is 1. The minimum absolute atomic E-state index is 0.231. The van der Waals surface area contributed by atoms with Crippen LogP contribution in [-0.4, -0.2) is 30.8 Å². The maximum Gasteiger partial charge on any atom is 0.176 e. The van der Waals surface area contributed by atoms with Crippen LogP contribution in [0.2, 0.25) is 0 Å². The molecule has 2 nitrogen and oxygen atoms in total. The minimum atomic E-state index is 0.231. The average molecular weight is 371 g/mol. The van der Waals surface area contributed by atoms with Gasteiger partial charge in [-0.05, 0) is 60.5 Å². The van der Waals surface area contributed by atoms with Crippen molar-refractivity contribution in [3.05, 3.63) is 33.4 Å². The van der Waals surface area contributed by atoms with E-state index < -0.39 is 0 Å². The molecule has 0 saturated heterocycles. The lowest BCUT2D eigenvalue weighted by Gasteiger charge is -2.26. The van der Waals surface area contributed by atoms with Gasteiger partial charge in [-0.2, -0.15) is 0 Å². The molecule has 1 saturated carbocycles. The van der Waals surface area contributed by atoms with Crippen molar-refractivity contribution in [2.45, 2.75) is 32.1 Å². The van der Waals surface area contributed by atoms with Gasteiger partial charge >= 0.3 is 0 Å². The van der Waals surface area contributed by atoms with Gasteiger partial charge in [-0.1, -0.05) is 31.4 Å². The molecule has 0 aromatic heterocycles. The van der Waals surface area contributed by atoms with Crippen LogP contribution in [0.1, 0.15) is 42.5 Å². The number of Topliss-reactive ketones (excluding diaryl/α,β-unsaturated/α-hetero) is 1. The van der Waals surface area contributed by atoms with E-state index >= 15 is 0 Å². The number of benzene rings is 1. The first-order valence-corrected chi connectivity index (χ1v) is 8.20. The molecular weight excluding hydrogens is 349 g/mol. The lowest BCUT2D eigenvalue weighted by atomic mass is 9.89. The fourth-order valence-corrected chi connectivity index (χ4v) is 3.21. The van der Waals surface area contributed by atoms with Crippen molar-refractivity contribution in [1.29, 1.82) is 0 Å². The van der Waals surface area contributed by atoms with Gasteiger partial charge in [0, 0.05) is 15.7 Å². The van der Waals surface area contributed by atoms with Crippen molar-refractivity contribution in [1.82, 2.24) is 4.90 Å². The van der Waals surface area contributed by atoms with Crippen LogP contribution in [0.15, 0.2) is 24.3 Å². The summed E-state index contributed by atoms with van der Waals surface area (Å²) in [4.78, 5) is 14.4. The van der Waals surface area contributed by atoms with Crippen LogP contribution in [0, 0.1) is 9.49 Å². The molecule has 0 heterocycles. The third kappa shape index (κ3) is 4.88. The molecule has 19 heavy (non-hydrogen) atoms. The Morgan fingerprint density at radius 2 is 1.84 bits per heavy atom. The zero-order chi connectivity index (χ0) is 13.7. The standard InChI is InChI=1S/C16H22INO/c1-18(11-13-5-3-2-4-6-13)12-16(19)14-7-9-15(17)10-8-14/h7-10,13H,2-6,11-12H2,1H3. The zero-order valence-corrected chi connectivity index (χ0v) is 13.7. The highest BCUT2D eigenvalue weighted by Gasteiger charge is 2.17. The molecule has 2 rings (SSSR count). The summed E-state index contributed by atoms with van der Waals surface area (Å²) in [6.45, 7) is 1.60. The molecule has 0 N–H and O–H groups in total. The van der Waals surface area contributed by atoms with E-state index in [4.69, 9.17) is 0 Å². The Bertz CT molecular complexity index is 409. The van der Waals surface area contributed by atoms with Gasteiger partial charge in [-0.15, -0.1) is 0 Å². The topological polar surface area (TPSA) is 20.3 Å². The summed E-state index contributed by atoms with van der Waals surface area (Å²) < 4.78 is 1.17. The van der Waals surface area contributed by atoms with E-state index in [9.17, 15) is 4.79 Å². The first kappa shape index (κ1) is 15.0. The Kier molecular flexibility index (Phi) is 5.82. The normalized spacial score (nSPS) is 16.8. The number of halogens is 1. The second-order valence-electron chi connectivity index (χ2n) is 5.63. The van der Waals surface area contributed by atoms with E-state index in [-0.39, 0.29) is 5.78 Å². The van der Waals surface area contributed by atoms with Crippen LogP contribution < -0.4 is 0 Å². The molecule has 0 amide bonds. The molecule has 0 atom stereocenters. The first-order chi connectivity index (χ1) is 9.15. The predicted molar refractivity (Wildman–Crippen MR) is 87.6 cm³/mol. The summed E-state index contributed by atoms with van der Waals surface area (Å²) >= 11 is 2.26. The highest BCUT2D eigenvalue weighted by atomic mass is 127. The van der Waals surface area contributed by atoms with Crippen LogP contribution in [0.25, 0.3) is 0 Å². The van der Waals surface area contributed by atoms with E-state index in [0.717, 1.165) is 18.0 Å². The lowest BCUT2D eigenvalue weighted by molar-refractivity contribution is 0.0932. The number of likely N-dealkylation sites (N-methyl/N-ethyl adjacent to an activating group) is 1. The van der Waals surface area contributed by atoms with Crippen molar-refractivity contribution in [2.75, 3.05) is 20.1 Å². The molecule has 1 fully saturated rings. The predicted octanol–water partition coefficient (Wildman–Crippen LogP) is 3.99. The molecule has 0 aliphatic heterocycles. The maximum atomic E-state index is 12.2. The molecule has 0 bridgehead atoms. The molecule has 1 aliphatic rings. The molecule has 104 valence electrons. The van der Waals surface area contributed by atoms with Crippen molar-refractivity contribution in [3.8, 4) is 0 Å². The quantitative estimate of drug-likeness (QED) is 0.576. The van der Waals surface area contributed by atoms with Gasteiger partial charge in [-0.25, -0.2) is 0 Å². The van der Waals surface area contributed by atoms with Gasteiger partial charge in [0.1, 0.15) is 0 Å². The van der Waals surface area contributed by atoms with Gasteiger partial charge in [0.2, 0.25) is 0 Å². The molecular formula is C16H22INO. The average Bonchev–Trinajstić information content (AvgIpc) is 2.40. The van der Waals surface area contributed by atoms with Gasteiger partial charge in [0.05, 0.1) is 6.54 Å². The first-order valence-electron chi connectivity index (χ1n) is 7.12. The highest BCUT2D eigenvalue weighted by Crippen LogP contribution is 2.24. The number of carbonyl (C=O) groups excluding carboxylic acids is 1. The third-order valence-corrected chi connectivity index (χ3v) is 4.59. The van der Waals surface area contributed by atoms with E-state index in [1.54, 1.807) is 0 Å². The Labute approximate surface area is 129 Å². The summed E-state index contributed by atoms with van der Waals surface area (Å²) in [5.41, 5.74) is 0.830. The smallest absolute Gasteiger partial charge is 0.176 e. The monoisotopic (exact) mass is 371 g/mol. The minimum Gasteiger partial charge on any atom is -0.299 e. The summed E-state index contributed by atoms with van der Waals surface area (Å²) in [5.74, 6) is 1.03. The van der Waals surface area contributed by atoms with Crippen LogP contribution in [0.3, 0.4) is 0 Å². The lowest BCUT2D eigenvalue weighted by Crippen LogP contribution is -2.31. The van der Waals surface area contributed by atoms with E-state index in [1.807, 2.05) is 24.3 Å². The van der Waals surface area contributed by atoms with Crippen molar-refractivity contribution in [2.24, 2.45) is 5.92 Å². The summed E-state index contributed by atoms with van der Waals surface area (Å²) in [6.07, 6.45) is 6.79. The van der Waals surface area contributed by atoms with Gasteiger partial charge in [0.15, 0.2) is 5.78 Å². The van der Waals surface area contributed by atoms with Crippen molar-refractivity contribution >= 4 is 28.4 Å². The largest absolute Gasteiger partial charge is 0.299 e. The second-order valence-corrected chi connectivity index (χ2v) is 6.88. The molecule has 1 aromatic rings. The van der Waals surface area contributed by atoms with Crippen molar-refractivity contribution in [3.63, 3.8) is 0 Å². The van der Waals surface area contributed by atoms with Crippen LogP contribution in [0.4, 0.5) is 0 Å². The number of hydrogen-bond acceptors (Lipinski definition) is 2. The zero-order valence-electron chi connectivity index (χ0n) is 11.6. The number of hydrogen-bond donors (Lipinski definition) is 0. The molecule has 0 radical (unpaired) electrons. The van der Waals surface area contributed by atoms with Crippen LogP contribution in [0.5, 0.6) is 0 Å². The van der Waals surface area contributed by atoms with Crippen LogP contribution >= 0.6 is 22.6 Å². The highest BCUT2D eigenvalue weighted by molar-refractivity contribution is 14.1. The van der Waals surface area contributed by atoms with E-state index in [0.29, 0.717) is 6.54 Å². The maximum absolute atomic E-state index is 12.2. The summed E-state index contributed by atoms with van der Waals surface area (Å²) in [5, 5.41) is 0. The molecule has 0 unspecified atom stereocenters. The number of nitrogens with zero attached hydrogens (tertiary/aromatic N) is 1. The molecule has 0 spiro atoms. The second kappa shape index (κ2) is 7.39. The van der Waals surface area contributed by atoms with Crippen LogP contribution in [-0.2, 0) is 0 Å². The number of rotatable bonds is 5. The third-order valence-electron chi connectivity index (χ3n) is 3.87. The number of carbonyl (C=O) groups is 1. The van der Waals surface area contributed by atoms with Crippen molar-refractivity contribution < 1.29 is 4.79 Å². The molecule has 1 aromatic carbocycles.